The Kier molecular flexibility index (Phi) is 5.85. The monoisotopic (exact) mass is 389 g/mol. The average Bonchev–Trinajstić information content (AvgIpc) is 3.19. The number of nitrogens with one attached hydrogen (secondary N) is 2. The van der Waals surface area contributed by atoms with Crippen LogP contribution in [0.1, 0.15) is 29.6 Å². The van der Waals surface area contributed by atoms with Crippen LogP contribution in [0.5, 0.6) is 0 Å². The molecule has 0 aliphatic heterocycles. The van der Waals surface area contributed by atoms with Crippen LogP contribution in [0.25, 0.3) is 0 Å². The van der Waals surface area contributed by atoms with Gasteiger partial charge in [0.25, 0.3) is 15.9 Å². The van der Waals surface area contributed by atoms with Gasteiger partial charge in [0.15, 0.2) is 0 Å². The Bertz CT molecular complexity index is 902. The quantitative estimate of drug-likeness (QED) is 0.449. The summed E-state index contributed by atoms with van der Waals surface area (Å²) < 4.78 is 27.1. The number of hydrogen-bond donors (Lipinski definition) is 2. The molecule has 1 atom stereocenters. The van der Waals surface area contributed by atoms with E-state index >= 15 is 0 Å². The molecule has 1 aliphatic carbocycles. The van der Waals surface area contributed by atoms with Crippen LogP contribution in [0, 0.1) is 5.92 Å². The Morgan fingerprint density at radius 1 is 1.19 bits per heavy atom. The molecular weight excluding hydrogens is 370 g/mol. The van der Waals surface area contributed by atoms with Crippen LogP contribution >= 0.6 is 11.3 Å². The third-order valence-electron chi connectivity index (χ3n) is 3.92. The van der Waals surface area contributed by atoms with E-state index in [0.717, 1.165) is 30.6 Å². The molecule has 1 aromatic carbocycles. The summed E-state index contributed by atoms with van der Waals surface area (Å²) in [5.74, 6) is 0.0228. The van der Waals surface area contributed by atoms with E-state index in [9.17, 15) is 13.2 Å². The minimum absolute atomic E-state index is 0.242. The molecule has 0 saturated heterocycles. The minimum Gasteiger partial charge on any atom is -0.279 e. The highest BCUT2D eigenvalue weighted by Crippen LogP contribution is 2.20. The third-order valence-corrected chi connectivity index (χ3v) is 6.70. The summed E-state index contributed by atoms with van der Waals surface area (Å²) in [6.45, 7) is 0. The van der Waals surface area contributed by atoms with Crippen molar-refractivity contribution in [3.63, 3.8) is 0 Å². The highest BCUT2D eigenvalue weighted by atomic mass is 32.2. The van der Waals surface area contributed by atoms with Gasteiger partial charge in [-0.1, -0.05) is 18.2 Å². The zero-order valence-electron chi connectivity index (χ0n) is 14.0. The molecule has 1 aromatic heterocycles. The van der Waals surface area contributed by atoms with Crippen LogP contribution in [0.3, 0.4) is 0 Å². The smallest absolute Gasteiger partial charge is 0.271 e. The Hall–Kier alpha value is -2.45. The van der Waals surface area contributed by atoms with E-state index < -0.39 is 10.0 Å². The molecule has 0 spiro atoms. The van der Waals surface area contributed by atoms with E-state index in [1.165, 1.54) is 6.07 Å². The second-order valence-corrected chi connectivity index (χ2v) is 8.74. The Balaban J connectivity index is 1.57. The molecule has 6 nitrogen and oxygen atoms in total. The average molecular weight is 390 g/mol. The van der Waals surface area contributed by atoms with Gasteiger partial charge < -0.3 is 0 Å². The number of nitrogens with zero attached hydrogens (tertiary/aromatic N) is 1. The Labute approximate surface area is 156 Å². The van der Waals surface area contributed by atoms with Crippen molar-refractivity contribution in [3.8, 4) is 0 Å². The highest BCUT2D eigenvalue weighted by molar-refractivity contribution is 7.94. The molecule has 2 aromatic rings. The summed E-state index contributed by atoms with van der Waals surface area (Å²) in [5, 5.41) is 5.72. The molecule has 1 aliphatic rings. The van der Waals surface area contributed by atoms with Crippen molar-refractivity contribution in [1.82, 2.24) is 5.43 Å². The summed E-state index contributed by atoms with van der Waals surface area (Å²) in [6.07, 6.45) is 9.06. The number of allylic oxidation sites excluding steroid dienone is 2. The molecule has 0 bridgehead atoms. The first-order valence-corrected chi connectivity index (χ1v) is 10.6. The first kappa shape index (κ1) is 18.3. The third kappa shape index (κ3) is 4.80. The van der Waals surface area contributed by atoms with Crippen LogP contribution in [0.2, 0.25) is 0 Å². The first-order chi connectivity index (χ1) is 12.5. The fourth-order valence-corrected chi connectivity index (χ4v) is 4.58. The van der Waals surface area contributed by atoms with Crippen molar-refractivity contribution >= 4 is 39.2 Å². The predicted molar refractivity (Wildman–Crippen MR) is 104 cm³/mol. The van der Waals surface area contributed by atoms with Gasteiger partial charge in [0, 0.05) is 17.5 Å². The SMILES string of the molecule is O=C(N/N=C/C1CC=CCC1)c1ccc(NS(=O)(=O)c2cccs2)cc1. The second-order valence-electron chi connectivity index (χ2n) is 5.88. The van der Waals surface area contributed by atoms with Crippen molar-refractivity contribution in [2.75, 3.05) is 4.72 Å². The van der Waals surface area contributed by atoms with Gasteiger partial charge in [-0.25, -0.2) is 13.8 Å². The molecule has 0 fully saturated rings. The van der Waals surface area contributed by atoms with Gasteiger partial charge in [0.1, 0.15) is 4.21 Å². The minimum atomic E-state index is -3.59. The van der Waals surface area contributed by atoms with Crippen molar-refractivity contribution in [2.24, 2.45) is 11.0 Å². The maximum atomic E-state index is 12.2. The summed E-state index contributed by atoms with van der Waals surface area (Å²) >= 11 is 1.14. The number of hydrogen-bond acceptors (Lipinski definition) is 5. The fourth-order valence-electron chi connectivity index (χ4n) is 2.53. The van der Waals surface area contributed by atoms with E-state index in [1.807, 2.05) is 0 Å². The first-order valence-electron chi connectivity index (χ1n) is 8.19. The molecular formula is C18H19N3O3S2. The zero-order valence-corrected chi connectivity index (χ0v) is 15.6. The van der Waals surface area contributed by atoms with E-state index in [1.54, 1.807) is 41.9 Å². The predicted octanol–water partition coefficient (Wildman–Crippen LogP) is 3.62. The summed E-state index contributed by atoms with van der Waals surface area (Å²) in [6, 6.07) is 9.43. The molecule has 0 saturated carbocycles. The summed E-state index contributed by atoms with van der Waals surface area (Å²) in [5.41, 5.74) is 3.31. The van der Waals surface area contributed by atoms with Gasteiger partial charge in [-0.2, -0.15) is 5.10 Å². The van der Waals surface area contributed by atoms with Gasteiger partial charge in [-0.3, -0.25) is 9.52 Å². The maximum Gasteiger partial charge on any atom is 0.271 e. The molecule has 3 rings (SSSR count). The number of carbonyl (C=O) groups excluding carboxylic acids is 1. The molecule has 2 N–H and O–H groups in total. The van der Waals surface area contributed by atoms with Gasteiger partial charge >= 0.3 is 0 Å². The van der Waals surface area contributed by atoms with Crippen molar-refractivity contribution < 1.29 is 13.2 Å². The van der Waals surface area contributed by atoms with E-state index in [4.69, 9.17) is 0 Å². The molecule has 136 valence electrons. The van der Waals surface area contributed by atoms with E-state index in [2.05, 4.69) is 27.4 Å². The Morgan fingerprint density at radius 3 is 2.65 bits per heavy atom. The van der Waals surface area contributed by atoms with Gasteiger partial charge in [-0.05, 0) is 60.9 Å². The lowest BCUT2D eigenvalue weighted by Gasteiger charge is -2.11. The van der Waals surface area contributed by atoms with Gasteiger partial charge in [0.2, 0.25) is 0 Å². The number of rotatable bonds is 6. The van der Waals surface area contributed by atoms with E-state index in [-0.39, 0.29) is 10.1 Å². The van der Waals surface area contributed by atoms with Crippen molar-refractivity contribution in [3.05, 3.63) is 59.5 Å². The number of carbonyl (C=O) groups is 1. The molecule has 1 heterocycles. The largest absolute Gasteiger partial charge is 0.279 e. The highest BCUT2D eigenvalue weighted by Gasteiger charge is 2.15. The second kappa shape index (κ2) is 8.29. The lowest BCUT2D eigenvalue weighted by Crippen LogP contribution is -2.19. The van der Waals surface area contributed by atoms with Crippen LogP contribution in [0.15, 0.2) is 63.2 Å². The number of benzene rings is 1. The number of thiophene rings is 1. The fraction of sp³-hybridized carbons (Fsp3) is 0.222. The number of anilines is 1. The maximum absolute atomic E-state index is 12.2. The van der Waals surface area contributed by atoms with Gasteiger partial charge in [-0.15, -0.1) is 11.3 Å². The molecule has 1 amide bonds. The molecule has 26 heavy (non-hydrogen) atoms. The zero-order chi connectivity index (χ0) is 18.4. The summed E-state index contributed by atoms with van der Waals surface area (Å²) in [7, 11) is -3.59. The number of sulfonamides is 1. The van der Waals surface area contributed by atoms with Crippen molar-refractivity contribution in [2.45, 2.75) is 23.5 Å². The van der Waals surface area contributed by atoms with Crippen LogP contribution in [-0.4, -0.2) is 20.5 Å². The van der Waals surface area contributed by atoms with Gasteiger partial charge in [0.05, 0.1) is 0 Å². The van der Waals surface area contributed by atoms with Crippen LogP contribution in [0.4, 0.5) is 5.69 Å². The molecule has 0 radical (unpaired) electrons. The van der Waals surface area contributed by atoms with E-state index in [0.29, 0.717) is 17.2 Å². The number of hydrazone groups is 1. The van der Waals surface area contributed by atoms with Crippen LogP contribution < -0.4 is 10.1 Å². The normalized spacial score (nSPS) is 17.3. The Morgan fingerprint density at radius 2 is 2.00 bits per heavy atom. The summed E-state index contributed by atoms with van der Waals surface area (Å²) in [4.78, 5) is 12.1. The topological polar surface area (TPSA) is 87.6 Å². The van der Waals surface area contributed by atoms with Crippen molar-refractivity contribution in [1.29, 1.82) is 0 Å². The lowest BCUT2D eigenvalue weighted by molar-refractivity contribution is 0.0955. The number of amides is 1. The standard InChI is InChI=1S/C18H19N3O3S2/c22-18(20-19-13-14-5-2-1-3-6-14)15-8-10-16(11-9-15)21-26(23,24)17-7-4-12-25-17/h1-2,4,7-14,21H,3,5-6H2,(H,20,22)/b19-13+. The molecule has 1 unspecified atom stereocenters. The van der Waals surface area contributed by atoms with Crippen LogP contribution in [-0.2, 0) is 10.0 Å². The lowest BCUT2D eigenvalue weighted by atomic mass is 9.96. The molecule has 8 heteroatoms.